The summed E-state index contributed by atoms with van der Waals surface area (Å²) in [6, 6.07) is 0. The van der Waals surface area contributed by atoms with E-state index in [-0.39, 0.29) is 17.4 Å². The van der Waals surface area contributed by atoms with E-state index < -0.39 is 45.6 Å². The van der Waals surface area contributed by atoms with Gasteiger partial charge in [-0.15, -0.1) is 0 Å². The Morgan fingerprint density at radius 2 is 2.00 bits per heavy atom. The van der Waals surface area contributed by atoms with Crippen molar-refractivity contribution >= 4 is 22.1 Å². The summed E-state index contributed by atoms with van der Waals surface area (Å²) in [5, 5.41) is -0.462. The Balaban J connectivity index is 1.64. The summed E-state index contributed by atoms with van der Waals surface area (Å²) in [4.78, 5) is 23.4. The van der Waals surface area contributed by atoms with Crippen LogP contribution in [-0.4, -0.2) is 43.9 Å². The molecule has 1 saturated heterocycles. The fourth-order valence-electron chi connectivity index (χ4n) is 3.58. The maximum absolute atomic E-state index is 12.0. The van der Waals surface area contributed by atoms with Crippen molar-refractivity contribution in [2.75, 3.05) is 0 Å². The standard InChI is InChI=1S/C14H18O7S/c1-6(2)13(15)19-7(3)14(16)20-11-8-4-9-10(5-8)22(17,18)21-12(9)11/h7-12H,1,4-5H2,2-3H3. The summed E-state index contributed by atoms with van der Waals surface area (Å²) in [5.74, 6) is -1.47. The van der Waals surface area contributed by atoms with Gasteiger partial charge in [-0.1, -0.05) is 6.58 Å². The van der Waals surface area contributed by atoms with Crippen molar-refractivity contribution in [2.24, 2.45) is 11.8 Å². The Morgan fingerprint density at radius 1 is 1.32 bits per heavy atom. The molecule has 22 heavy (non-hydrogen) atoms. The van der Waals surface area contributed by atoms with Gasteiger partial charge in [-0.2, -0.15) is 8.42 Å². The number of esters is 2. The van der Waals surface area contributed by atoms with Gasteiger partial charge in [0.05, 0.1) is 5.25 Å². The van der Waals surface area contributed by atoms with Crippen LogP contribution in [0.4, 0.5) is 0 Å². The molecule has 8 heteroatoms. The van der Waals surface area contributed by atoms with Crippen LogP contribution in [0.2, 0.25) is 0 Å². The fraction of sp³-hybridized carbons (Fsp3) is 0.714. The van der Waals surface area contributed by atoms with Crippen molar-refractivity contribution < 1.29 is 31.7 Å². The molecule has 122 valence electrons. The number of rotatable bonds is 4. The average molecular weight is 330 g/mol. The smallest absolute Gasteiger partial charge is 0.347 e. The first-order valence-electron chi connectivity index (χ1n) is 7.20. The van der Waals surface area contributed by atoms with Crippen LogP contribution in [0, 0.1) is 11.8 Å². The van der Waals surface area contributed by atoms with Gasteiger partial charge >= 0.3 is 11.9 Å². The minimum atomic E-state index is -3.54. The molecule has 7 nitrogen and oxygen atoms in total. The molecular weight excluding hydrogens is 312 g/mol. The van der Waals surface area contributed by atoms with E-state index in [1.807, 2.05) is 0 Å². The topological polar surface area (TPSA) is 96.0 Å². The molecule has 0 N–H and O–H groups in total. The highest BCUT2D eigenvalue weighted by atomic mass is 32.2. The van der Waals surface area contributed by atoms with Gasteiger partial charge in [-0.25, -0.2) is 9.59 Å². The Hall–Kier alpha value is -1.41. The molecule has 6 unspecified atom stereocenters. The van der Waals surface area contributed by atoms with Gasteiger partial charge in [0.1, 0.15) is 12.2 Å². The highest BCUT2D eigenvalue weighted by molar-refractivity contribution is 7.87. The van der Waals surface area contributed by atoms with E-state index in [0.29, 0.717) is 12.8 Å². The third-order valence-electron chi connectivity index (χ3n) is 4.63. The molecular formula is C14H18O7S. The largest absolute Gasteiger partial charge is 0.457 e. The maximum Gasteiger partial charge on any atom is 0.347 e. The molecule has 0 amide bonds. The maximum atomic E-state index is 12.0. The Morgan fingerprint density at radius 3 is 2.64 bits per heavy atom. The Bertz CT molecular complexity index is 638. The van der Waals surface area contributed by atoms with Crippen molar-refractivity contribution in [3.05, 3.63) is 12.2 Å². The number of carbonyl (C=O) groups is 2. The summed E-state index contributed by atoms with van der Waals surface area (Å²) in [6.45, 7) is 6.32. The summed E-state index contributed by atoms with van der Waals surface area (Å²) in [6.07, 6.45) is -1.11. The third kappa shape index (κ3) is 2.34. The number of hydrogen-bond acceptors (Lipinski definition) is 7. The van der Waals surface area contributed by atoms with Crippen molar-refractivity contribution in [3.63, 3.8) is 0 Å². The molecule has 3 fully saturated rings. The van der Waals surface area contributed by atoms with E-state index in [0.717, 1.165) is 0 Å². The lowest BCUT2D eigenvalue weighted by Crippen LogP contribution is -2.40. The molecule has 0 radical (unpaired) electrons. The van der Waals surface area contributed by atoms with Gasteiger partial charge in [-0.05, 0) is 26.7 Å². The molecule has 1 aliphatic heterocycles. The highest BCUT2D eigenvalue weighted by Crippen LogP contribution is 2.55. The number of hydrogen-bond donors (Lipinski definition) is 0. The molecule has 2 bridgehead atoms. The fourth-order valence-corrected chi connectivity index (χ4v) is 5.47. The zero-order valence-corrected chi connectivity index (χ0v) is 13.2. The highest BCUT2D eigenvalue weighted by Gasteiger charge is 2.65. The molecule has 2 aliphatic carbocycles. The van der Waals surface area contributed by atoms with Crippen LogP contribution in [0.25, 0.3) is 0 Å². The summed E-state index contributed by atoms with van der Waals surface area (Å²) < 4.78 is 39.0. The second-order valence-electron chi connectivity index (χ2n) is 6.22. The molecule has 3 rings (SSSR count). The molecule has 0 spiro atoms. The van der Waals surface area contributed by atoms with Crippen LogP contribution in [0.3, 0.4) is 0 Å². The number of carbonyl (C=O) groups excluding carboxylic acids is 2. The molecule has 0 aromatic rings. The van der Waals surface area contributed by atoms with E-state index in [4.69, 9.17) is 13.7 Å². The predicted molar refractivity (Wildman–Crippen MR) is 74.0 cm³/mol. The van der Waals surface area contributed by atoms with E-state index >= 15 is 0 Å². The zero-order chi connectivity index (χ0) is 16.2. The Kier molecular flexibility index (Phi) is 3.56. The molecule has 0 aromatic heterocycles. The van der Waals surface area contributed by atoms with Gasteiger partial charge in [0, 0.05) is 17.4 Å². The van der Waals surface area contributed by atoms with Gasteiger partial charge in [0.25, 0.3) is 10.1 Å². The van der Waals surface area contributed by atoms with Crippen LogP contribution in [-0.2, 0) is 33.4 Å². The second-order valence-corrected chi connectivity index (χ2v) is 8.00. The van der Waals surface area contributed by atoms with E-state index in [9.17, 15) is 18.0 Å². The van der Waals surface area contributed by atoms with Gasteiger partial charge in [0.15, 0.2) is 6.10 Å². The summed E-state index contributed by atoms with van der Waals surface area (Å²) in [7, 11) is -3.54. The lowest BCUT2D eigenvalue weighted by Gasteiger charge is -2.26. The summed E-state index contributed by atoms with van der Waals surface area (Å²) in [5.41, 5.74) is 0.188. The average Bonchev–Trinajstić information content (AvgIpc) is 3.02. The molecule has 0 aromatic carbocycles. The van der Waals surface area contributed by atoms with Crippen molar-refractivity contribution in [1.82, 2.24) is 0 Å². The van der Waals surface area contributed by atoms with E-state index in [1.54, 1.807) is 0 Å². The first-order chi connectivity index (χ1) is 10.2. The quantitative estimate of drug-likeness (QED) is 0.422. The van der Waals surface area contributed by atoms with Crippen LogP contribution < -0.4 is 0 Å². The van der Waals surface area contributed by atoms with Gasteiger partial charge in [-0.3, -0.25) is 4.18 Å². The van der Waals surface area contributed by atoms with Gasteiger partial charge in [0.2, 0.25) is 0 Å². The first-order valence-corrected chi connectivity index (χ1v) is 8.67. The van der Waals surface area contributed by atoms with E-state index in [2.05, 4.69) is 6.58 Å². The van der Waals surface area contributed by atoms with Crippen LogP contribution in [0.5, 0.6) is 0 Å². The normalized spacial score (nSPS) is 38.5. The van der Waals surface area contributed by atoms with Crippen molar-refractivity contribution in [1.29, 1.82) is 0 Å². The minimum Gasteiger partial charge on any atom is -0.457 e. The number of ether oxygens (including phenoxy) is 2. The first kappa shape index (κ1) is 15.5. The lowest BCUT2D eigenvalue weighted by molar-refractivity contribution is -0.173. The molecule has 6 atom stereocenters. The SMILES string of the molecule is C=C(C)C(=O)OC(C)C(=O)OC1C2CC3C1OS(=O)(=O)C3C2. The van der Waals surface area contributed by atoms with Crippen LogP contribution in [0.15, 0.2) is 12.2 Å². The number of fused-ring (bicyclic) bond motifs is 1. The molecule has 3 aliphatic rings. The van der Waals surface area contributed by atoms with E-state index in [1.165, 1.54) is 13.8 Å². The molecule has 2 saturated carbocycles. The van der Waals surface area contributed by atoms with Crippen LogP contribution in [0.1, 0.15) is 26.7 Å². The van der Waals surface area contributed by atoms with Crippen molar-refractivity contribution in [3.8, 4) is 0 Å². The minimum absolute atomic E-state index is 0.00901. The third-order valence-corrected chi connectivity index (χ3v) is 6.40. The monoisotopic (exact) mass is 330 g/mol. The lowest BCUT2D eigenvalue weighted by atomic mass is 9.94. The predicted octanol–water partition coefficient (Wildman–Crippen LogP) is 0.543. The molecule has 1 heterocycles. The second kappa shape index (κ2) is 5.06. The van der Waals surface area contributed by atoms with Crippen molar-refractivity contribution in [2.45, 2.75) is 50.3 Å². The zero-order valence-electron chi connectivity index (χ0n) is 12.4. The Labute approximate surface area is 128 Å². The summed E-state index contributed by atoms with van der Waals surface area (Å²) >= 11 is 0. The van der Waals surface area contributed by atoms with Crippen LogP contribution >= 0.6 is 0 Å². The van der Waals surface area contributed by atoms with Gasteiger partial charge < -0.3 is 9.47 Å².